The Labute approximate surface area is 137 Å². The maximum Gasteiger partial charge on any atom is 0.319 e. The summed E-state index contributed by atoms with van der Waals surface area (Å²) in [7, 11) is 1.36. The van der Waals surface area contributed by atoms with Crippen molar-refractivity contribution in [3.63, 3.8) is 0 Å². The van der Waals surface area contributed by atoms with E-state index in [1.54, 1.807) is 24.3 Å². The molecule has 1 aromatic carbocycles. The quantitative estimate of drug-likeness (QED) is 0.334. The van der Waals surface area contributed by atoms with Crippen molar-refractivity contribution in [3.05, 3.63) is 35.4 Å². The summed E-state index contributed by atoms with van der Waals surface area (Å²) in [5.41, 5.74) is 3.00. The number of hydroxylamine groups is 2. The normalized spacial score (nSPS) is 15.3. The van der Waals surface area contributed by atoms with Crippen LogP contribution < -0.4 is 5.48 Å². The summed E-state index contributed by atoms with van der Waals surface area (Å²) >= 11 is 0. The highest BCUT2D eigenvalue weighted by molar-refractivity contribution is 6.21. The van der Waals surface area contributed by atoms with Crippen molar-refractivity contribution >= 4 is 17.8 Å². The molecule has 1 heterocycles. The number of benzene rings is 1. The second-order valence-corrected chi connectivity index (χ2v) is 5.13. The van der Waals surface area contributed by atoms with E-state index in [1.165, 1.54) is 14.0 Å². The number of nitrogens with one attached hydrogen (secondary N) is 1. The molecule has 0 fully saturated rings. The summed E-state index contributed by atoms with van der Waals surface area (Å²) in [6, 6.07) is 6.45. The lowest BCUT2D eigenvalue weighted by Crippen LogP contribution is -2.48. The largest absolute Gasteiger partial charge is 0.480 e. The van der Waals surface area contributed by atoms with Crippen LogP contribution in [-0.4, -0.2) is 69.7 Å². The summed E-state index contributed by atoms with van der Waals surface area (Å²) in [4.78, 5) is 41.2. The summed E-state index contributed by atoms with van der Waals surface area (Å²) < 4.78 is 0. The van der Waals surface area contributed by atoms with Gasteiger partial charge in [0.15, 0.2) is 6.23 Å². The number of carbonyl (C=O) groups is 3. The number of carbonyl (C=O) groups excluding carboxylic acids is 2. The maximum atomic E-state index is 12.2. The predicted molar refractivity (Wildman–Crippen MR) is 79.4 cm³/mol. The lowest BCUT2D eigenvalue weighted by molar-refractivity contribution is -0.259. The molecule has 130 valence electrons. The number of rotatable bonds is 8. The molecule has 10 heteroatoms. The number of imide groups is 1. The van der Waals surface area contributed by atoms with Crippen LogP contribution >= 0.6 is 0 Å². The fourth-order valence-corrected chi connectivity index (χ4v) is 2.20. The number of carboxylic acid groups (broad SMARTS) is 1. The zero-order chi connectivity index (χ0) is 17.9. The smallest absolute Gasteiger partial charge is 0.319 e. The number of amides is 2. The number of aliphatic carboxylic acids is 1. The molecule has 1 atom stereocenters. The van der Waals surface area contributed by atoms with Crippen LogP contribution in [0.2, 0.25) is 0 Å². The van der Waals surface area contributed by atoms with Gasteiger partial charge in [-0.25, -0.2) is 9.91 Å². The minimum Gasteiger partial charge on any atom is -0.480 e. The van der Waals surface area contributed by atoms with Gasteiger partial charge in [-0.1, -0.05) is 12.1 Å². The highest BCUT2D eigenvalue weighted by atomic mass is 16.7. The van der Waals surface area contributed by atoms with Gasteiger partial charge in [0, 0.05) is 7.05 Å². The number of carboxylic acids is 1. The summed E-state index contributed by atoms with van der Waals surface area (Å²) in [6.45, 7) is 0.820. The summed E-state index contributed by atoms with van der Waals surface area (Å²) in [5, 5.41) is 19.8. The monoisotopic (exact) mass is 338 g/mol. The van der Waals surface area contributed by atoms with Crippen molar-refractivity contribution in [1.82, 2.24) is 20.6 Å². The molecule has 0 saturated carbocycles. The highest BCUT2D eigenvalue weighted by Crippen LogP contribution is 2.24. The van der Waals surface area contributed by atoms with E-state index >= 15 is 0 Å². The average molecular weight is 338 g/mol. The van der Waals surface area contributed by atoms with Gasteiger partial charge in [-0.15, -0.1) is 5.17 Å². The first-order valence-electron chi connectivity index (χ1n) is 7.07. The van der Waals surface area contributed by atoms with E-state index in [1.807, 2.05) is 0 Å². The first-order valence-corrected chi connectivity index (χ1v) is 7.07. The molecule has 1 aromatic rings. The van der Waals surface area contributed by atoms with Gasteiger partial charge in [0.05, 0.1) is 11.1 Å². The Bertz CT molecular complexity index is 617. The average Bonchev–Trinajstić information content (AvgIpc) is 2.78. The number of hydrogen-bond donors (Lipinski definition) is 3. The first-order chi connectivity index (χ1) is 11.3. The van der Waals surface area contributed by atoms with E-state index in [0.29, 0.717) is 16.3 Å². The zero-order valence-corrected chi connectivity index (χ0v) is 13.2. The van der Waals surface area contributed by atoms with Crippen LogP contribution in [0.25, 0.3) is 0 Å². The van der Waals surface area contributed by atoms with E-state index < -0.39 is 30.6 Å². The van der Waals surface area contributed by atoms with Crippen LogP contribution in [0.4, 0.5) is 0 Å². The molecule has 3 N–H and O–H groups in total. The van der Waals surface area contributed by atoms with Gasteiger partial charge in [-0.05, 0) is 19.1 Å². The lowest BCUT2D eigenvalue weighted by atomic mass is 10.1. The molecule has 1 aliphatic rings. The molecule has 0 radical (unpaired) electrons. The molecule has 0 bridgehead atoms. The second kappa shape index (κ2) is 7.47. The summed E-state index contributed by atoms with van der Waals surface area (Å²) in [6.07, 6.45) is -0.921. The first kappa shape index (κ1) is 18.0. The van der Waals surface area contributed by atoms with Crippen LogP contribution in [0, 0.1) is 0 Å². The van der Waals surface area contributed by atoms with E-state index in [-0.39, 0.29) is 6.67 Å². The van der Waals surface area contributed by atoms with Gasteiger partial charge >= 0.3 is 5.97 Å². The number of nitrogens with zero attached hydrogens (tertiary/aromatic N) is 3. The van der Waals surface area contributed by atoms with E-state index in [0.717, 1.165) is 9.91 Å². The molecule has 0 spiro atoms. The maximum absolute atomic E-state index is 12.2. The molecule has 10 nitrogen and oxygen atoms in total. The molecular weight excluding hydrogens is 320 g/mol. The van der Waals surface area contributed by atoms with Crippen LogP contribution in [0.3, 0.4) is 0 Å². The molecule has 0 saturated heterocycles. The Hall–Kier alpha value is -2.37. The van der Waals surface area contributed by atoms with Gasteiger partial charge in [0.25, 0.3) is 11.8 Å². The van der Waals surface area contributed by atoms with Crippen molar-refractivity contribution in [2.45, 2.75) is 13.2 Å². The Morgan fingerprint density at radius 1 is 1.29 bits per heavy atom. The molecule has 2 rings (SSSR count). The molecule has 0 aliphatic carbocycles. The Morgan fingerprint density at radius 3 is 2.33 bits per heavy atom. The van der Waals surface area contributed by atoms with E-state index in [4.69, 9.17) is 9.94 Å². The van der Waals surface area contributed by atoms with Gasteiger partial charge < -0.3 is 5.11 Å². The molecular formula is C14H18N4O6. The Morgan fingerprint density at radius 2 is 1.83 bits per heavy atom. The van der Waals surface area contributed by atoms with Crippen LogP contribution in [0.1, 0.15) is 27.6 Å². The third-order valence-electron chi connectivity index (χ3n) is 3.41. The molecule has 24 heavy (non-hydrogen) atoms. The minimum absolute atomic E-state index is 0.267. The van der Waals surface area contributed by atoms with Gasteiger partial charge in [-0.2, -0.15) is 5.48 Å². The molecule has 2 amide bonds. The molecule has 1 aliphatic heterocycles. The van der Waals surface area contributed by atoms with Crippen molar-refractivity contribution in [1.29, 1.82) is 0 Å². The highest BCUT2D eigenvalue weighted by Gasteiger charge is 2.38. The Kier molecular flexibility index (Phi) is 5.59. The number of hydrogen-bond acceptors (Lipinski definition) is 8. The summed E-state index contributed by atoms with van der Waals surface area (Å²) in [5.74, 6) is -2.04. The van der Waals surface area contributed by atoms with Gasteiger partial charge in [0.1, 0.15) is 13.2 Å². The third-order valence-corrected chi connectivity index (χ3v) is 3.41. The Balaban J connectivity index is 1.88. The predicted octanol–water partition coefficient (Wildman–Crippen LogP) is -0.270. The van der Waals surface area contributed by atoms with Crippen LogP contribution in [0.15, 0.2) is 24.3 Å². The lowest BCUT2D eigenvalue weighted by Gasteiger charge is -2.26. The van der Waals surface area contributed by atoms with Gasteiger partial charge in [0.2, 0.25) is 0 Å². The second-order valence-electron chi connectivity index (χ2n) is 5.13. The van der Waals surface area contributed by atoms with E-state index in [2.05, 4.69) is 5.48 Å². The number of hydrazine groups is 1. The zero-order valence-electron chi connectivity index (χ0n) is 13.2. The standard InChI is InChI=1S/C14H18N4O6/c1-9(24-15-8-17(23)16(2)7-12(19)20)18-13(21)10-5-3-4-6-11(10)14(18)22/h3-6,9,15,23H,7-8H2,1-2H3,(H,19,20). The third kappa shape index (κ3) is 3.75. The van der Waals surface area contributed by atoms with Gasteiger partial charge in [-0.3, -0.25) is 24.4 Å². The van der Waals surface area contributed by atoms with Crippen molar-refractivity contribution in [2.75, 3.05) is 20.3 Å². The molecule has 1 unspecified atom stereocenters. The minimum atomic E-state index is -1.11. The number of fused-ring (bicyclic) bond motifs is 1. The van der Waals surface area contributed by atoms with Crippen molar-refractivity contribution in [3.8, 4) is 0 Å². The van der Waals surface area contributed by atoms with Crippen molar-refractivity contribution < 1.29 is 29.5 Å². The van der Waals surface area contributed by atoms with Crippen molar-refractivity contribution in [2.24, 2.45) is 0 Å². The topological polar surface area (TPSA) is 123 Å². The molecule has 0 aromatic heterocycles. The fraction of sp³-hybridized carbons (Fsp3) is 0.357. The van der Waals surface area contributed by atoms with E-state index in [9.17, 15) is 19.6 Å². The van der Waals surface area contributed by atoms with Crippen LogP contribution in [-0.2, 0) is 9.63 Å². The van der Waals surface area contributed by atoms with Crippen LogP contribution in [0.5, 0.6) is 0 Å². The number of likely N-dealkylation sites (N-methyl/N-ethyl adjacent to an activating group) is 1. The SMILES string of the molecule is CC(ONCN(O)N(C)CC(=O)O)N1C(=O)c2ccccc2C1=O. The fourth-order valence-electron chi connectivity index (χ4n) is 2.20.